The molecule has 1 saturated heterocycles. The van der Waals surface area contributed by atoms with Crippen molar-refractivity contribution in [3.8, 4) is 0 Å². The highest BCUT2D eigenvalue weighted by Crippen LogP contribution is 2.17. The van der Waals surface area contributed by atoms with Gasteiger partial charge in [0.15, 0.2) is 5.58 Å². The molecule has 1 N–H and O–H groups in total. The Morgan fingerprint density at radius 2 is 1.63 bits per heavy atom. The summed E-state index contributed by atoms with van der Waals surface area (Å²) in [5.41, 5.74) is 3.05. The first-order valence-corrected chi connectivity index (χ1v) is 8.80. The van der Waals surface area contributed by atoms with Crippen molar-refractivity contribution in [2.75, 3.05) is 26.2 Å². The fourth-order valence-corrected chi connectivity index (χ4v) is 3.36. The van der Waals surface area contributed by atoms with Gasteiger partial charge in [-0.3, -0.25) is 14.6 Å². The second-order valence-corrected chi connectivity index (χ2v) is 6.62. The Kier molecular flexibility index (Phi) is 4.27. The van der Waals surface area contributed by atoms with Gasteiger partial charge in [-0.05, 0) is 36.8 Å². The fraction of sp³-hybridized carbons (Fsp3) is 0.250. The molecule has 0 spiro atoms. The third-order valence-electron chi connectivity index (χ3n) is 4.90. The molecule has 138 valence electrons. The topological polar surface area (TPSA) is 86.6 Å². The number of benzene rings is 2. The Balaban J connectivity index is 1.45. The molecule has 2 heterocycles. The lowest BCUT2D eigenvalue weighted by Crippen LogP contribution is -2.50. The number of hydrogen-bond donors (Lipinski definition) is 1. The van der Waals surface area contributed by atoms with Gasteiger partial charge in [-0.2, -0.15) is 0 Å². The van der Waals surface area contributed by atoms with Crippen LogP contribution in [0.3, 0.4) is 0 Å². The molecule has 7 nitrogen and oxygen atoms in total. The Labute approximate surface area is 155 Å². The summed E-state index contributed by atoms with van der Waals surface area (Å²) in [6, 6.07) is 12.4. The quantitative estimate of drug-likeness (QED) is 0.753. The first kappa shape index (κ1) is 17.1. The first-order chi connectivity index (χ1) is 13.0. The zero-order valence-electron chi connectivity index (χ0n) is 14.9. The number of aromatic amines is 1. The molecule has 1 aromatic heterocycles. The normalized spacial score (nSPS) is 14.6. The van der Waals surface area contributed by atoms with E-state index in [1.165, 1.54) is 0 Å². The maximum absolute atomic E-state index is 12.8. The molecule has 0 bridgehead atoms. The summed E-state index contributed by atoms with van der Waals surface area (Å²) in [5.74, 6) is -0.669. The molecule has 0 unspecified atom stereocenters. The van der Waals surface area contributed by atoms with Crippen LogP contribution in [-0.2, 0) is 0 Å². The summed E-state index contributed by atoms with van der Waals surface area (Å²) in [4.78, 5) is 42.8. The van der Waals surface area contributed by atoms with E-state index in [4.69, 9.17) is 4.42 Å². The van der Waals surface area contributed by atoms with E-state index < -0.39 is 5.76 Å². The number of H-pyrrole nitrogens is 1. The van der Waals surface area contributed by atoms with Crippen LogP contribution in [0.2, 0.25) is 0 Å². The average molecular weight is 365 g/mol. The minimum atomic E-state index is -0.544. The molecular formula is C20H19N3O4. The molecule has 2 amide bonds. The van der Waals surface area contributed by atoms with Crippen LogP contribution in [-0.4, -0.2) is 52.8 Å². The Morgan fingerprint density at radius 3 is 2.33 bits per heavy atom. The summed E-state index contributed by atoms with van der Waals surface area (Å²) in [6.07, 6.45) is 0. The number of hydrogen-bond acceptors (Lipinski definition) is 4. The first-order valence-electron chi connectivity index (χ1n) is 8.80. The lowest BCUT2D eigenvalue weighted by atomic mass is 10.1. The molecule has 27 heavy (non-hydrogen) atoms. The predicted molar refractivity (Wildman–Crippen MR) is 99.8 cm³/mol. The van der Waals surface area contributed by atoms with Crippen molar-refractivity contribution in [1.29, 1.82) is 0 Å². The number of amides is 2. The molecule has 1 aliphatic heterocycles. The standard InChI is InChI=1S/C20H19N3O4/c1-13-4-2-3-5-15(13)19(25)23-10-8-22(9-11-23)18(24)14-6-7-17-16(12-14)21-20(26)27-17/h2-7,12H,8-11H2,1H3,(H,21,26). The van der Waals surface area contributed by atoms with Crippen molar-refractivity contribution in [1.82, 2.24) is 14.8 Å². The van der Waals surface area contributed by atoms with Gasteiger partial charge in [0.2, 0.25) is 0 Å². The van der Waals surface area contributed by atoms with Crippen LogP contribution in [0.5, 0.6) is 0 Å². The van der Waals surface area contributed by atoms with Crippen LogP contribution >= 0.6 is 0 Å². The number of fused-ring (bicyclic) bond motifs is 1. The van der Waals surface area contributed by atoms with E-state index in [0.29, 0.717) is 48.4 Å². The Hall–Kier alpha value is -3.35. The number of rotatable bonds is 2. The van der Waals surface area contributed by atoms with Crippen molar-refractivity contribution in [2.45, 2.75) is 6.92 Å². The lowest BCUT2D eigenvalue weighted by molar-refractivity contribution is 0.0535. The van der Waals surface area contributed by atoms with Gasteiger partial charge in [0, 0.05) is 37.3 Å². The molecule has 0 aliphatic carbocycles. The van der Waals surface area contributed by atoms with E-state index in [-0.39, 0.29) is 11.8 Å². The number of oxazole rings is 1. The van der Waals surface area contributed by atoms with Crippen LogP contribution in [0.15, 0.2) is 51.7 Å². The van der Waals surface area contributed by atoms with Crippen molar-refractivity contribution in [3.63, 3.8) is 0 Å². The number of aryl methyl sites for hydroxylation is 1. The molecule has 7 heteroatoms. The molecule has 1 aliphatic rings. The summed E-state index contributed by atoms with van der Waals surface area (Å²) < 4.78 is 4.96. The molecule has 0 saturated carbocycles. The minimum absolute atomic E-state index is 0.00223. The predicted octanol–water partition coefficient (Wildman–Crippen LogP) is 2.03. The van der Waals surface area contributed by atoms with E-state index >= 15 is 0 Å². The number of nitrogens with one attached hydrogen (secondary N) is 1. The van der Waals surface area contributed by atoms with Crippen LogP contribution in [0.4, 0.5) is 0 Å². The summed E-state index contributed by atoms with van der Waals surface area (Å²) in [7, 11) is 0. The molecule has 0 radical (unpaired) electrons. The molecule has 1 fully saturated rings. The van der Waals surface area contributed by atoms with E-state index in [1.54, 1.807) is 28.0 Å². The van der Waals surface area contributed by atoms with E-state index in [9.17, 15) is 14.4 Å². The van der Waals surface area contributed by atoms with E-state index in [1.807, 2.05) is 31.2 Å². The largest absolute Gasteiger partial charge is 0.417 e. The van der Waals surface area contributed by atoms with Crippen LogP contribution in [0.1, 0.15) is 26.3 Å². The molecule has 0 atom stereocenters. The second kappa shape index (κ2) is 6.75. The Morgan fingerprint density at radius 1 is 0.963 bits per heavy atom. The van der Waals surface area contributed by atoms with Crippen molar-refractivity contribution >= 4 is 22.9 Å². The highest BCUT2D eigenvalue weighted by molar-refractivity contribution is 5.98. The van der Waals surface area contributed by atoms with Gasteiger partial charge >= 0.3 is 5.76 Å². The zero-order chi connectivity index (χ0) is 19.0. The second-order valence-electron chi connectivity index (χ2n) is 6.62. The van der Waals surface area contributed by atoms with Crippen molar-refractivity contribution in [3.05, 3.63) is 69.7 Å². The lowest BCUT2D eigenvalue weighted by Gasteiger charge is -2.35. The van der Waals surface area contributed by atoms with Crippen LogP contribution in [0.25, 0.3) is 11.1 Å². The maximum Gasteiger partial charge on any atom is 0.417 e. The monoisotopic (exact) mass is 365 g/mol. The summed E-state index contributed by atoms with van der Waals surface area (Å²) in [6.45, 7) is 3.84. The summed E-state index contributed by atoms with van der Waals surface area (Å²) in [5, 5.41) is 0. The number of aromatic nitrogens is 1. The van der Waals surface area contributed by atoms with Gasteiger partial charge in [-0.1, -0.05) is 18.2 Å². The van der Waals surface area contributed by atoms with Gasteiger partial charge in [-0.25, -0.2) is 4.79 Å². The van der Waals surface area contributed by atoms with Crippen LogP contribution < -0.4 is 5.76 Å². The van der Waals surface area contributed by atoms with Crippen molar-refractivity contribution in [2.24, 2.45) is 0 Å². The van der Waals surface area contributed by atoms with Crippen LogP contribution in [0, 0.1) is 6.92 Å². The fourth-order valence-electron chi connectivity index (χ4n) is 3.36. The van der Waals surface area contributed by atoms with Crippen molar-refractivity contribution < 1.29 is 14.0 Å². The molecule has 3 aromatic rings. The summed E-state index contributed by atoms with van der Waals surface area (Å²) >= 11 is 0. The number of piperazine rings is 1. The van der Waals surface area contributed by atoms with Gasteiger partial charge < -0.3 is 14.2 Å². The number of carbonyl (C=O) groups excluding carboxylic acids is 2. The maximum atomic E-state index is 12.8. The Bertz CT molecular complexity index is 1070. The molecular weight excluding hydrogens is 346 g/mol. The number of nitrogens with zero attached hydrogens (tertiary/aromatic N) is 2. The highest BCUT2D eigenvalue weighted by atomic mass is 16.4. The van der Waals surface area contributed by atoms with Gasteiger partial charge in [0.25, 0.3) is 11.8 Å². The smallest absolute Gasteiger partial charge is 0.408 e. The van der Waals surface area contributed by atoms with E-state index in [0.717, 1.165) is 5.56 Å². The van der Waals surface area contributed by atoms with E-state index in [2.05, 4.69) is 4.98 Å². The number of carbonyl (C=O) groups is 2. The zero-order valence-corrected chi connectivity index (χ0v) is 14.9. The molecule has 4 rings (SSSR count). The average Bonchev–Trinajstić information content (AvgIpc) is 3.06. The SMILES string of the molecule is Cc1ccccc1C(=O)N1CCN(C(=O)c2ccc3oc(=O)[nH]c3c2)CC1. The third kappa shape index (κ3) is 3.23. The molecule has 2 aromatic carbocycles. The minimum Gasteiger partial charge on any atom is -0.408 e. The van der Waals surface area contributed by atoms with Gasteiger partial charge in [-0.15, -0.1) is 0 Å². The third-order valence-corrected chi connectivity index (χ3v) is 4.90. The highest BCUT2D eigenvalue weighted by Gasteiger charge is 2.26. The van der Waals surface area contributed by atoms with Gasteiger partial charge in [0.1, 0.15) is 0 Å². The van der Waals surface area contributed by atoms with Gasteiger partial charge in [0.05, 0.1) is 5.52 Å².